The molecule has 0 bridgehead atoms. The molecule has 3 aromatic heterocycles. The molecule has 3 heterocycles. The molecule has 4 rings (SSSR count). The number of hydrogen-bond acceptors (Lipinski definition) is 4. The van der Waals surface area contributed by atoms with Crippen LogP contribution in [0.4, 0.5) is 0 Å². The summed E-state index contributed by atoms with van der Waals surface area (Å²) in [5.41, 5.74) is 1.34. The van der Waals surface area contributed by atoms with Crippen molar-refractivity contribution in [2.75, 3.05) is 0 Å². The van der Waals surface area contributed by atoms with Crippen molar-refractivity contribution in [2.24, 2.45) is 0 Å². The molecule has 0 aliphatic heterocycles. The van der Waals surface area contributed by atoms with Gasteiger partial charge in [0.1, 0.15) is 9.71 Å². The molecular weight excluding hydrogens is 296 g/mol. The maximum absolute atomic E-state index is 11.7. The van der Waals surface area contributed by atoms with Crippen LogP contribution in [0.1, 0.15) is 9.67 Å². The van der Waals surface area contributed by atoms with Gasteiger partial charge in [0.2, 0.25) is 0 Å². The zero-order valence-corrected chi connectivity index (χ0v) is 12.2. The summed E-state index contributed by atoms with van der Waals surface area (Å²) in [5.74, 6) is -0.951. The maximum Gasteiger partial charge on any atom is 0.346 e. The highest BCUT2D eigenvalue weighted by Gasteiger charge is 2.21. The molecule has 4 aromatic rings. The van der Waals surface area contributed by atoms with E-state index in [0.717, 1.165) is 16.2 Å². The summed E-state index contributed by atoms with van der Waals surface area (Å²) >= 11 is 1.18. The van der Waals surface area contributed by atoms with E-state index < -0.39 is 5.97 Å². The van der Waals surface area contributed by atoms with Gasteiger partial charge in [-0.05, 0) is 23.6 Å². The highest BCUT2D eigenvalue weighted by atomic mass is 32.1. The van der Waals surface area contributed by atoms with Crippen molar-refractivity contribution in [1.29, 1.82) is 0 Å². The number of rotatable bonds is 2. The van der Waals surface area contributed by atoms with Crippen molar-refractivity contribution in [1.82, 2.24) is 9.97 Å². The SMILES string of the molecule is O=C(O)c1sc2ncccc2c1-c1nccc2ccccc12. The molecule has 0 amide bonds. The van der Waals surface area contributed by atoms with Crippen molar-refractivity contribution in [3.8, 4) is 11.3 Å². The van der Waals surface area contributed by atoms with Gasteiger partial charge in [-0.25, -0.2) is 9.78 Å². The van der Waals surface area contributed by atoms with Gasteiger partial charge in [0.05, 0.1) is 5.69 Å². The molecule has 0 saturated heterocycles. The second-order valence-electron chi connectivity index (χ2n) is 4.85. The first kappa shape index (κ1) is 12.9. The highest BCUT2D eigenvalue weighted by molar-refractivity contribution is 7.21. The van der Waals surface area contributed by atoms with Crippen LogP contribution in [0, 0.1) is 0 Å². The van der Waals surface area contributed by atoms with E-state index in [-0.39, 0.29) is 4.88 Å². The number of carboxylic acid groups (broad SMARTS) is 1. The van der Waals surface area contributed by atoms with E-state index in [1.54, 1.807) is 12.4 Å². The largest absolute Gasteiger partial charge is 0.477 e. The molecule has 5 heteroatoms. The van der Waals surface area contributed by atoms with E-state index in [9.17, 15) is 9.90 Å². The van der Waals surface area contributed by atoms with Crippen LogP contribution in [-0.4, -0.2) is 21.0 Å². The number of carboxylic acids is 1. The smallest absolute Gasteiger partial charge is 0.346 e. The fraction of sp³-hybridized carbons (Fsp3) is 0. The number of thiophene rings is 1. The molecule has 0 unspecified atom stereocenters. The predicted octanol–water partition coefficient (Wildman–Crippen LogP) is 4.21. The van der Waals surface area contributed by atoms with Gasteiger partial charge in [-0.3, -0.25) is 4.98 Å². The van der Waals surface area contributed by atoms with Crippen LogP contribution in [0.2, 0.25) is 0 Å². The van der Waals surface area contributed by atoms with Crippen molar-refractivity contribution in [3.63, 3.8) is 0 Å². The summed E-state index contributed by atoms with van der Waals surface area (Å²) in [4.78, 5) is 21.4. The van der Waals surface area contributed by atoms with Crippen LogP contribution in [-0.2, 0) is 0 Å². The average Bonchev–Trinajstić information content (AvgIpc) is 2.94. The van der Waals surface area contributed by atoms with E-state index in [1.807, 2.05) is 42.5 Å². The Kier molecular flexibility index (Phi) is 2.87. The van der Waals surface area contributed by atoms with Crippen LogP contribution in [0.5, 0.6) is 0 Å². The molecule has 0 aliphatic rings. The van der Waals surface area contributed by atoms with Crippen molar-refractivity contribution < 1.29 is 9.90 Å². The molecule has 0 spiro atoms. The molecule has 1 aromatic carbocycles. The minimum Gasteiger partial charge on any atom is -0.477 e. The third-order valence-corrected chi connectivity index (χ3v) is 4.67. The predicted molar refractivity (Wildman–Crippen MR) is 87.3 cm³/mol. The Labute approximate surface area is 129 Å². The lowest BCUT2D eigenvalue weighted by atomic mass is 10.0. The number of hydrogen-bond donors (Lipinski definition) is 1. The van der Waals surface area contributed by atoms with E-state index in [4.69, 9.17) is 0 Å². The lowest BCUT2D eigenvalue weighted by molar-refractivity contribution is 0.0703. The van der Waals surface area contributed by atoms with E-state index in [0.29, 0.717) is 16.1 Å². The van der Waals surface area contributed by atoms with Crippen molar-refractivity contribution in [3.05, 3.63) is 59.7 Å². The lowest BCUT2D eigenvalue weighted by Crippen LogP contribution is -1.96. The van der Waals surface area contributed by atoms with E-state index >= 15 is 0 Å². The van der Waals surface area contributed by atoms with Crippen LogP contribution >= 0.6 is 11.3 Å². The van der Waals surface area contributed by atoms with E-state index in [1.165, 1.54) is 11.3 Å². The van der Waals surface area contributed by atoms with Crippen LogP contribution in [0.3, 0.4) is 0 Å². The van der Waals surface area contributed by atoms with Gasteiger partial charge < -0.3 is 5.11 Å². The zero-order valence-electron chi connectivity index (χ0n) is 11.4. The highest BCUT2D eigenvalue weighted by Crippen LogP contribution is 2.39. The Hall–Kier alpha value is -2.79. The summed E-state index contributed by atoms with van der Waals surface area (Å²) < 4.78 is 0. The minimum absolute atomic E-state index is 0.276. The molecule has 0 radical (unpaired) electrons. The summed E-state index contributed by atoms with van der Waals surface area (Å²) in [7, 11) is 0. The van der Waals surface area contributed by atoms with Crippen molar-refractivity contribution in [2.45, 2.75) is 0 Å². The Bertz CT molecular complexity index is 1020. The molecule has 0 atom stereocenters. The zero-order chi connectivity index (χ0) is 15.1. The Morgan fingerprint density at radius 3 is 2.64 bits per heavy atom. The number of aromatic carboxylic acids is 1. The van der Waals surface area contributed by atoms with Crippen molar-refractivity contribution >= 4 is 38.3 Å². The number of nitrogens with zero attached hydrogens (tertiary/aromatic N) is 2. The van der Waals surface area contributed by atoms with Gasteiger partial charge >= 0.3 is 5.97 Å². The molecule has 0 fully saturated rings. The molecule has 0 saturated carbocycles. The average molecular weight is 306 g/mol. The monoisotopic (exact) mass is 306 g/mol. The Morgan fingerprint density at radius 1 is 0.955 bits per heavy atom. The number of benzene rings is 1. The topological polar surface area (TPSA) is 63.1 Å². The molecule has 22 heavy (non-hydrogen) atoms. The third kappa shape index (κ3) is 1.87. The second kappa shape index (κ2) is 4.89. The first-order valence-electron chi connectivity index (χ1n) is 6.70. The van der Waals surface area contributed by atoms with Gasteiger partial charge in [0.15, 0.2) is 0 Å². The van der Waals surface area contributed by atoms with Gasteiger partial charge in [-0.15, -0.1) is 11.3 Å². The molecular formula is C17H10N2O2S. The van der Waals surface area contributed by atoms with Gasteiger partial charge in [0, 0.05) is 28.7 Å². The quantitative estimate of drug-likeness (QED) is 0.602. The molecule has 106 valence electrons. The first-order chi connectivity index (χ1) is 10.8. The van der Waals surface area contributed by atoms with Gasteiger partial charge in [-0.1, -0.05) is 24.3 Å². The van der Waals surface area contributed by atoms with Crippen LogP contribution in [0.25, 0.3) is 32.2 Å². The number of carbonyl (C=O) groups is 1. The van der Waals surface area contributed by atoms with Crippen LogP contribution < -0.4 is 0 Å². The number of fused-ring (bicyclic) bond motifs is 2. The number of aromatic nitrogens is 2. The van der Waals surface area contributed by atoms with Crippen LogP contribution in [0.15, 0.2) is 54.9 Å². The molecule has 1 N–H and O–H groups in total. The standard InChI is InChI=1S/C17H10N2O2S/c20-17(21)15-13(12-6-3-8-19-16(12)22-15)14-11-5-2-1-4-10(11)7-9-18-14/h1-9H,(H,20,21). The second-order valence-corrected chi connectivity index (χ2v) is 5.85. The molecule has 0 aliphatic carbocycles. The summed E-state index contributed by atoms with van der Waals surface area (Å²) in [6.07, 6.45) is 3.38. The minimum atomic E-state index is -0.951. The fourth-order valence-electron chi connectivity index (χ4n) is 2.64. The van der Waals surface area contributed by atoms with Gasteiger partial charge in [0.25, 0.3) is 0 Å². The van der Waals surface area contributed by atoms with E-state index in [2.05, 4.69) is 9.97 Å². The summed E-state index contributed by atoms with van der Waals surface area (Å²) in [6.45, 7) is 0. The fourth-order valence-corrected chi connectivity index (χ4v) is 3.62. The molecule has 4 nitrogen and oxygen atoms in total. The normalized spacial score (nSPS) is 11.1. The number of pyridine rings is 2. The van der Waals surface area contributed by atoms with Gasteiger partial charge in [-0.2, -0.15) is 0 Å². The first-order valence-corrected chi connectivity index (χ1v) is 7.52. The summed E-state index contributed by atoms with van der Waals surface area (Å²) in [6, 6.07) is 13.5. The lowest BCUT2D eigenvalue weighted by Gasteiger charge is -2.06. The Morgan fingerprint density at radius 2 is 1.77 bits per heavy atom. The third-order valence-electron chi connectivity index (χ3n) is 3.57. The maximum atomic E-state index is 11.7. The summed E-state index contributed by atoms with van der Waals surface area (Å²) in [5, 5.41) is 12.4. The Balaban J connectivity index is 2.16.